The minimum Gasteiger partial charge on any atom is -0.325 e. The first-order chi connectivity index (χ1) is 4.51. The third kappa shape index (κ3) is 1.69. The number of rotatable bonds is 0. The third-order valence-corrected chi connectivity index (χ3v) is 2.37. The van der Waals surface area contributed by atoms with Gasteiger partial charge in [-0.15, -0.1) is 0 Å². The number of hydrogen-bond acceptors (Lipinski definition) is 1. The van der Waals surface area contributed by atoms with Crippen molar-refractivity contribution in [3.05, 3.63) is 0 Å². The minimum absolute atomic E-state index is 0.176. The van der Waals surface area contributed by atoms with Crippen LogP contribution in [0.3, 0.4) is 0 Å². The molecule has 0 aromatic carbocycles. The quantitative estimate of drug-likeness (QED) is 0.553. The molecule has 1 nitrogen and oxygen atoms in total. The summed E-state index contributed by atoms with van der Waals surface area (Å²) in [6, 6.07) is -0.201. The van der Waals surface area contributed by atoms with E-state index in [2.05, 4.69) is 13.8 Å². The number of nitrogens with two attached hydrogens (primary N) is 1. The van der Waals surface area contributed by atoms with E-state index in [-0.39, 0.29) is 11.5 Å². The Hall–Kier alpha value is -0.110. The minimum atomic E-state index is -0.774. The van der Waals surface area contributed by atoms with Gasteiger partial charge in [-0.1, -0.05) is 13.8 Å². The van der Waals surface area contributed by atoms with Crippen molar-refractivity contribution >= 4 is 0 Å². The molecule has 0 saturated heterocycles. The summed E-state index contributed by atoms with van der Waals surface area (Å²) in [4.78, 5) is 0. The third-order valence-electron chi connectivity index (χ3n) is 2.37. The molecule has 0 radical (unpaired) electrons. The van der Waals surface area contributed by atoms with Crippen LogP contribution in [-0.4, -0.2) is 12.2 Å². The summed E-state index contributed by atoms with van der Waals surface area (Å²) in [7, 11) is 0. The second-order valence-corrected chi connectivity index (χ2v) is 4.09. The van der Waals surface area contributed by atoms with Crippen LogP contribution in [0.5, 0.6) is 0 Å². The molecule has 0 aromatic rings. The summed E-state index contributed by atoms with van der Waals surface area (Å²) < 4.78 is 12.9. The van der Waals surface area contributed by atoms with Crippen LogP contribution in [0.25, 0.3) is 0 Å². The average Bonchev–Trinajstić information content (AvgIpc) is 1.79. The predicted molar refractivity (Wildman–Crippen MR) is 40.5 cm³/mol. The molecule has 0 heterocycles. The van der Waals surface area contributed by atoms with Gasteiger partial charge in [-0.3, -0.25) is 0 Å². The fourth-order valence-electron chi connectivity index (χ4n) is 1.52. The van der Waals surface area contributed by atoms with Gasteiger partial charge in [0.2, 0.25) is 0 Å². The van der Waals surface area contributed by atoms with E-state index in [1.165, 1.54) is 0 Å². The Balaban J connectivity index is 2.49. The molecular weight excluding hydrogens is 129 g/mol. The van der Waals surface area contributed by atoms with E-state index >= 15 is 0 Å². The maximum atomic E-state index is 12.9. The Bertz CT molecular complexity index is 122. The molecule has 0 amide bonds. The molecule has 10 heavy (non-hydrogen) atoms. The molecule has 2 heteroatoms. The second-order valence-electron chi connectivity index (χ2n) is 4.09. The van der Waals surface area contributed by atoms with E-state index in [1.807, 2.05) is 0 Å². The first-order valence-corrected chi connectivity index (χ1v) is 3.91. The Morgan fingerprint density at radius 3 is 2.50 bits per heavy atom. The molecule has 1 aliphatic rings. The number of hydrogen-bond donors (Lipinski definition) is 1. The van der Waals surface area contributed by atoms with Crippen molar-refractivity contribution in [2.75, 3.05) is 0 Å². The van der Waals surface area contributed by atoms with Crippen LogP contribution in [0.15, 0.2) is 0 Å². The Morgan fingerprint density at radius 1 is 1.50 bits per heavy atom. The molecule has 1 saturated carbocycles. The maximum Gasteiger partial charge on any atom is 0.116 e. The smallest absolute Gasteiger partial charge is 0.116 e. The van der Waals surface area contributed by atoms with Crippen molar-refractivity contribution in [3.63, 3.8) is 0 Å². The van der Waals surface area contributed by atoms with Gasteiger partial charge in [0.15, 0.2) is 0 Å². The zero-order chi connectivity index (χ0) is 7.78. The first kappa shape index (κ1) is 7.99. The highest BCUT2D eigenvalue weighted by molar-refractivity contribution is 4.86. The molecule has 2 N–H and O–H groups in total. The monoisotopic (exact) mass is 145 g/mol. The van der Waals surface area contributed by atoms with Gasteiger partial charge < -0.3 is 5.73 Å². The standard InChI is InChI=1S/C8H16FN/c1-8(2)4-3-7(10)6(9)5-8/h6-7H,3-5,10H2,1-2H3. The average molecular weight is 145 g/mol. The van der Waals surface area contributed by atoms with E-state index in [9.17, 15) is 4.39 Å². The summed E-state index contributed by atoms with van der Waals surface area (Å²) in [5, 5.41) is 0. The van der Waals surface area contributed by atoms with E-state index in [1.54, 1.807) is 0 Å². The Kier molecular flexibility index (Phi) is 1.99. The van der Waals surface area contributed by atoms with E-state index < -0.39 is 6.17 Å². The van der Waals surface area contributed by atoms with Crippen LogP contribution >= 0.6 is 0 Å². The normalized spacial score (nSPS) is 39.6. The first-order valence-electron chi connectivity index (χ1n) is 3.91. The van der Waals surface area contributed by atoms with Gasteiger partial charge in [-0.05, 0) is 24.7 Å². The lowest BCUT2D eigenvalue weighted by Crippen LogP contribution is -2.40. The van der Waals surface area contributed by atoms with Gasteiger partial charge in [0.25, 0.3) is 0 Å². The summed E-state index contributed by atoms with van der Waals surface area (Å²) in [6.07, 6.45) is 1.76. The van der Waals surface area contributed by atoms with Crippen molar-refractivity contribution in [3.8, 4) is 0 Å². The lowest BCUT2D eigenvalue weighted by Gasteiger charge is -2.35. The van der Waals surface area contributed by atoms with Gasteiger partial charge in [0.05, 0.1) is 0 Å². The molecule has 1 rings (SSSR count). The lowest BCUT2D eigenvalue weighted by molar-refractivity contribution is 0.118. The maximum absolute atomic E-state index is 12.9. The Labute approximate surface area is 61.8 Å². The fraction of sp³-hybridized carbons (Fsp3) is 1.00. The van der Waals surface area contributed by atoms with Crippen LogP contribution < -0.4 is 5.73 Å². The van der Waals surface area contributed by atoms with Gasteiger partial charge >= 0.3 is 0 Å². The molecule has 2 unspecified atom stereocenters. The van der Waals surface area contributed by atoms with Gasteiger partial charge in [0.1, 0.15) is 6.17 Å². The zero-order valence-corrected chi connectivity index (χ0v) is 6.73. The second kappa shape index (κ2) is 2.50. The fourth-order valence-corrected chi connectivity index (χ4v) is 1.52. The molecule has 1 fully saturated rings. The number of halogens is 1. The molecule has 0 aromatic heterocycles. The molecule has 60 valence electrons. The largest absolute Gasteiger partial charge is 0.325 e. The molecule has 2 atom stereocenters. The highest BCUT2D eigenvalue weighted by Gasteiger charge is 2.32. The molecule has 0 bridgehead atoms. The summed E-state index contributed by atoms with van der Waals surface area (Å²) in [6.45, 7) is 4.21. The van der Waals surface area contributed by atoms with Crippen molar-refractivity contribution in [2.24, 2.45) is 11.1 Å². The van der Waals surface area contributed by atoms with Crippen molar-refractivity contribution in [1.82, 2.24) is 0 Å². The Morgan fingerprint density at radius 2 is 2.10 bits per heavy atom. The van der Waals surface area contributed by atoms with Gasteiger partial charge in [-0.25, -0.2) is 4.39 Å². The topological polar surface area (TPSA) is 26.0 Å². The van der Waals surface area contributed by atoms with E-state index in [0.717, 1.165) is 12.8 Å². The molecule has 1 aliphatic carbocycles. The van der Waals surface area contributed by atoms with E-state index in [4.69, 9.17) is 5.73 Å². The summed E-state index contributed by atoms with van der Waals surface area (Å²) >= 11 is 0. The SMILES string of the molecule is CC1(C)CCC(N)C(F)C1. The van der Waals surface area contributed by atoms with Crippen molar-refractivity contribution in [1.29, 1.82) is 0 Å². The van der Waals surface area contributed by atoms with Crippen LogP contribution in [0.1, 0.15) is 33.1 Å². The lowest BCUT2D eigenvalue weighted by atomic mass is 9.75. The van der Waals surface area contributed by atoms with Gasteiger partial charge in [0, 0.05) is 6.04 Å². The van der Waals surface area contributed by atoms with E-state index in [0.29, 0.717) is 6.42 Å². The van der Waals surface area contributed by atoms with Crippen LogP contribution in [0.2, 0.25) is 0 Å². The van der Waals surface area contributed by atoms with Crippen molar-refractivity contribution in [2.45, 2.75) is 45.3 Å². The molecule has 0 aliphatic heterocycles. The van der Waals surface area contributed by atoms with Crippen LogP contribution in [0.4, 0.5) is 4.39 Å². The predicted octanol–water partition coefficient (Wildman–Crippen LogP) is 1.86. The summed E-state index contributed by atoms with van der Waals surface area (Å²) in [5.41, 5.74) is 5.70. The highest BCUT2D eigenvalue weighted by atomic mass is 19.1. The highest BCUT2D eigenvalue weighted by Crippen LogP contribution is 2.35. The summed E-state index contributed by atoms with van der Waals surface area (Å²) in [5.74, 6) is 0. The van der Waals surface area contributed by atoms with Gasteiger partial charge in [-0.2, -0.15) is 0 Å². The number of alkyl halides is 1. The molecule has 0 spiro atoms. The van der Waals surface area contributed by atoms with Crippen LogP contribution in [0, 0.1) is 5.41 Å². The molecular formula is C8H16FN. The van der Waals surface area contributed by atoms with Crippen molar-refractivity contribution < 1.29 is 4.39 Å². The van der Waals surface area contributed by atoms with Crippen LogP contribution in [-0.2, 0) is 0 Å². The zero-order valence-electron chi connectivity index (χ0n) is 6.73.